The zero-order valence-corrected chi connectivity index (χ0v) is 26.6. The first kappa shape index (κ1) is 40.2. The van der Waals surface area contributed by atoms with Gasteiger partial charge in [-0.05, 0) is 59.3 Å². The molecule has 13 nitrogen and oxygen atoms in total. The summed E-state index contributed by atoms with van der Waals surface area (Å²) in [5.74, 6) is -5.29. The number of aliphatic hydroxyl groups excluding tert-OH is 1. The highest BCUT2D eigenvalue weighted by Gasteiger charge is 2.69. The molecule has 1 saturated heterocycles. The number of ether oxygens (including phenoxy) is 4. The molecular formula is C32H42F3NO12. The van der Waals surface area contributed by atoms with Crippen molar-refractivity contribution in [3.8, 4) is 5.75 Å². The highest BCUT2D eigenvalue weighted by atomic mass is 19.4. The minimum Gasteiger partial charge on any atom is -0.481 e. The molecule has 1 fully saturated rings. The highest BCUT2D eigenvalue weighted by molar-refractivity contribution is 5.87. The summed E-state index contributed by atoms with van der Waals surface area (Å²) >= 11 is 0. The van der Waals surface area contributed by atoms with Gasteiger partial charge in [0.2, 0.25) is 12.4 Å². The molecule has 2 aliphatic heterocycles. The van der Waals surface area contributed by atoms with E-state index >= 15 is 0 Å². The van der Waals surface area contributed by atoms with Gasteiger partial charge in [-0.3, -0.25) is 14.4 Å². The van der Waals surface area contributed by atoms with Gasteiger partial charge in [-0.1, -0.05) is 19.6 Å². The van der Waals surface area contributed by atoms with Gasteiger partial charge in [0, 0.05) is 30.5 Å². The molecule has 0 bridgehead atoms. The molecule has 0 radical (unpaired) electrons. The van der Waals surface area contributed by atoms with Crippen LogP contribution in [0.2, 0.25) is 0 Å². The normalized spacial score (nSPS) is 26.1. The maximum atomic E-state index is 13.2. The molecule has 4 rings (SSSR count). The van der Waals surface area contributed by atoms with Gasteiger partial charge in [-0.2, -0.15) is 13.2 Å². The zero-order valence-electron chi connectivity index (χ0n) is 26.6. The number of fused-ring (bicyclic) bond motifs is 1. The van der Waals surface area contributed by atoms with Crippen molar-refractivity contribution in [1.29, 1.82) is 0 Å². The number of aliphatic carboxylic acids is 1. The molecule has 2 heterocycles. The average Bonchev–Trinajstić information content (AvgIpc) is 3.36. The van der Waals surface area contributed by atoms with Crippen LogP contribution in [0.4, 0.5) is 13.2 Å². The van der Waals surface area contributed by atoms with E-state index in [0.29, 0.717) is 24.3 Å². The van der Waals surface area contributed by atoms with Gasteiger partial charge in [0.15, 0.2) is 12.2 Å². The number of hydrogen-bond acceptors (Lipinski definition) is 12. The first-order valence-corrected chi connectivity index (χ1v) is 14.6. The maximum absolute atomic E-state index is 13.2. The van der Waals surface area contributed by atoms with Crippen LogP contribution in [0.25, 0.3) is 0 Å². The minimum absolute atomic E-state index is 0. The van der Waals surface area contributed by atoms with Gasteiger partial charge in [-0.25, -0.2) is 9.59 Å². The maximum Gasteiger partial charge on any atom is 0.446 e. The number of carboxylic acids is 1. The summed E-state index contributed by atoms with van der Waals surface area (Å²) in [6.07, 6.45) is -7.65. The van der Waals surface area contributed by atoms with Crippen LogP contribution >= 0.6 is 0 Å². The predicted molar refractivity (Wildman–Crippen MR) is 160 cm³/mol. The molecule has 7 atom stereocenters. The van der Waals surface area contributed by atoms with Crippen LogP contribution in [0, 0.1) is 12.8 Å². The molecule has 1 aromatic carbocycles. The summed E-state index contributed by atoms with van der Waals surface area (Å²) < 4.78 is 53.4. The van der Waals surface area contributed by atoms with E-state index in [9.17, 15) is 47.7 Å². The molecule has 1 aromatic rings. The molecule has 0 amide bonds. The van der Waals surface area contributed by atoms with Crippen LogP contribution < -0.4 is 4.74 Å². The van der Waals surface area contributed by atoms with E-state index in [-0.39, 0.29) is 32.3 Å². The lowest BCUT2D eigenvalue weighted by molar-refractivity contribution is -0.183. The Morgan fingerprint density at radius 1 is 1.17 bits per heavy atom. The van der Waals surface area contributed by atoms with Crippen LogP contribution in [0.3, 0.4) is 0 Å². The van der Waals surface area contributed by atoms with Crippen molar-refractivity contribution in [1.82, 2.24) is 4.90 Å². The lowest BCUT2D eigenvalue weighted by Gasteiger charge is -2.58. The van der Waals surface area contributed by atoms with E-state index in [4.69, 9.17) is 23.7 Å². The van der Waals surface area contributed by atoms with E-state index in [0.717, 1.165) is 18.1 Å². The molecule has 0 aromatic heterocycles. The topological polar surface area (TPSA) is 186 Å². The fraction of sp³-hybridized carbons (Fsp3) is 0.594. The van der Waals surface area contributed by atoms with Crippen molar-refractivity contribution in [2.24, 2.45) is 5.92 Å². The van der Waals surface area contributed by atoms with Crippen molar-refractivity contribution in [2.45, 2.75) is 103 Å². The number of carbonyl (C=O) groups is 5. The number of benzene rings is 1. The third-order valence-corrected chi connectivity index (χ3v) is 8.95. The number of carboxylic acid groups (broad SMARTS) is 1. The standard InChI is InChI=1S/C29H37NO11.C2HF3O.CH4/c1-14-7-8-19(13-31)23-21(14)28-11-12-30(6)17(4)29(28,37)10-9-20(24(28)41-23)40-26(35)16(3)38-27(36)22(39-18(5)32)15(2)25(33)34;3-2(4,5)1-6;/h7-9,15-17,22,24,31,37H,10-13H2,1-6H3,(H,33,34);1H;1H4/t15-,16+,17-,22-,24+,28+,29-;;/m1../s1. The quantitative estimate of drug-likeness (QED) is 0.206. The van der Waals surface area contributed by atoms with Gasteiger partial charge in [-0.15, -0.1) is 0 Å². The summed E-state index contributed by atoms with van der Waals surface area (Å²) in [4.78, 5) is 59.5. The fourth-order valence-corrected chi connectivity index (χ4v) is 6.35. The summed E-state index contributed by atoms with van der Waals surface area (Å²) in [6.45, 7) is 7.63. The molecular weight excluding hydrogens is 647 g/mol. The molecule has 3 N–H and O–H groups in total. The number of likely N-dealkylation sites (tertiary alicyclic amines) is 1. The number of likely N-dealkylation sites (N-methyl/N-ethyl adjacent to an activating group) is 1. The number of aldehydes is 1. The monoisotopic (exact) mass is 689 g/mol. The van der Waals surface area contributed by atoms with E-state index in [1.807, 2.05) is 27.0 Å². The van der Waals surface area contributed by atoms with Crippen molar-refractivity contribution < 1.29 is 71.4 Å². The fourth-order valence-electron chi connectivity index (χ4n) is 6.35. The van der Waals surface area contributed by atoms with Crippen molar-refractivity contribution in [3.63, 3.8) is 0 Å². The molecule has 0 unspecified atom stereocenters. The third kappa shape index (κ3) is 7.50. The Hall–Kier alpha value is -4.02. The number of rotatable bonds is 8. The van der Waals surface area contributed by atoms with E-state index < -0.39 is 71.6 Å². The van der Waals surface area contributed by atoms with E-state index in [1.54, 1.807) is 12.1 Å². The number of esters is 3. The Kier molecular flexibility index (Phi) is 12.6. The molecule has 268 valence electrons. The van der Waals surface area contributed by atoms with Crippen molar-refractivity contribution in [2.75, 3.05) is 13.6 Å². The van der Waals surface area contributed by atoms with E-state index in [2.05, 4.69) is 4.90 Å². The zero-order chi connectivity index (χ0) is 35.6. The summed E-state index contributed by atoms with van der Waals surface area (Å²) in [6, 6.07) is 3.35. The first-order chi connectivity index (χ1) is 21.7. The Balaban J connectivity index is 0.00000105. The van der Waals surface area contributed by atoms with Gasteiger partial charge >= 0.3 is 30.1 Å². The van der Waals surface area contributed by atoms with Gasteiger partial charge in [0.05, 0.1) is 17.6 Å². The number of halogens is 3. The molecule has 1 aliphatic carbocycles. The molecule has 3 aliphatic rings. The Morgan fingerprint density at radius 2 is 1.77 bits per heavy atom. The Labute approximate surface area is 275 Å². The lowest BCUT2D eigenvalue weighted by Crippen LogP contribution is -2.71. The summed E-state index contributed by atoms with van der Waals surface area (Å²) in [7, 11) is 1.93. The van der Waals surface area contributed by atoms with Crippen LogP contribution in [-0.2, 0) is 50.2 Å². The first-order valence-electron chi connectivity index (χ1n) is 14.6. The number of aryl methyl sites for hydroxylation is 1. The number of aliphatic hydroxyl groups is 2. The van der Waals surface area contributed by atoms with Crippen LogP contribution in [0.15, 0.2) is 24.0 Å². The van der Waals surface area contributed by atoms with Gasteiger partial charge in [0.1, 0.15) is 17.4 Å². The SMILES string of the molecule is C.CC(=O)O[C@@H](C(=O)O[C@@H](C)C(=O)OC1=CC[C@@]2(O)[C@@H](C)N(C)CC[C@@]23c2c(C)ccc(CO)c2O[C@@H]13)[C@@H](C)C(=O)O.O=CC(F)(F)F. The summed E-state index contributed by atoms with van der Waals surface area (Å²) in [5, 5.41) is 31.7. The number of piperidine rings is 1. The molecule has 48 heavy (non-hydrogen) atoms. The smallest absolute Gasteiger partial charge is 0.446 e. The molecule has 16 heteroatoms. The van der Waals surface area contributed by atoms with E-state index in [1.165, 1.54) is 13.8 Å². The summed E-state index contributed by atoms with van der Waals surface area (Å²) in [5.41, 5.74) is -0.114. The van der Waals surface area contributed by atoms with Crippen molar-refractivity contribution in [3.05, 3.63) is 40.7 Å². The largest absolute Gasteiger partial charge is 0.481 e. The Bertz CT molecular complexity index is 1450. The Morgan fingerprint density at radius 3 is 2.29 bits per heavy atom. The van der Waals surface area contributed by atoms with Crippen LogP contribution in [0.1, 0.15) is 64.7 Å². The highest BCUT2D eigenvalue weighted by Crippen LogP contribution is 2.61. The number of hydrogen-bond donors (Lipinski definition) is 3. The second-order valence-electron chi connectivity index (χ2n) is 11.8. The van der Waals surface area contributed by atoms with Crippen molar-refractivity contribution >= 4 is 30.2 Å². The van der Waals surface area contributed by atoms with Gasteiger partial charge < -0.3 is 39.2 Å². The number of nitrogens with zero attached hydrogens (tertiary/aromatic N) is 1. The minimum atomic E-state index is -4.64. The predicted octanol–water partition coefficient (Wildman–Crippen LogP) is 2.74. The second-order valence-corrected chi connectivity index (χ2v) is 11.8. The van der Waals surface area contributed by atoms with Crippen LogP contribution in [-0.4, -0.2) is 100 Å². The molecule has 1 spiro atoms. The number of alkyl halides is 3. The molecule has 0 saturated carbocycles. The lowest BCUT2D eigenvalue weighted by atomic mass is 9.54. The average molecular weight is 690 g/mol. The second kappa shape index (κ2) is 15.0. The third-order valence-electron chi connectivity index (χ3n) is 8.95. The number of carbonyl (C=O) groups excluding carboxylic acids is 4. The van der Waals surface area contributed by atoms with Gasteiger partial charge in [0.25, 0.3) is 0 Å². The van der Waals surface area contributed by atoms with Crippen LogP contribution in [0.5, 0.6) is 5.75 Å².